The predicted octanol–water partition coefficient (Wildman–Crippen LogP) is 6.68. The average Bonchev–Trinajstić information content (AvgIpc) is 2.55. The molecule has 24 heavy (non-hydrogen) atoms. The van der Waals surface area contributed by atoms with Gasteiger partial charge in [0.2, 0.25) is 0 Å². The second kappa shape index (κ2) is 18.5. The van der Waals surface area contributed by atoms with Gasteiger partial charge in [0, 0.05) is 19.3 Å². The summed E-state index contributed by atoms with van der Waals surface area (Å²) < 4.78 is 0. The number of unbranched alkanes of at least 4 members (excludes halogenated alkanes) is 13. The van der Waals surface area contributed by atoms with Gasteiger partial charge >= 0.3 is 5.97 Å². The number of hydrogen-bond acceptors (Lipinski definition) is 2. The van der Waals surface area contributed by atoms with Gasteiger partial charge in [0.1, 0.15) is 5.78 Å². The molecule has 3 heteroatoms. The van der Waals surface area contributed by atoms with Gasteiger partial charge in [0.25, 0.3) is 0 Å². The lowest BCUT2D eigenvalue weighted by molar-refractivity contribution is -0.137. The minimum absolute atomic E-state index is 0.324. The second-order valence-electron chi connectivity index (χ2n) is 7.13. The molecule has 0 spiro atoms. The van der Waals surface area contributed by atoms with E-state index in [1.165, 1.54) is 70.6 Å². The molecule has 0 aromatic carbocycles. The molecule has 0 atom stereocenters. The highest BCUT2D eigenvalue weighted by atomic mass is 16.4. The molecule has 0 aliphatic carbocycles. The standard InChI is InChI=1S/C21H40O3/c1-2-3-14-17-20(22)18-15-12-10-8-6-4-5-7-9-11-13-16-19-21(23)24/h2-19H2,1H3,(H,23,24). The number of ketones is 1. The maximum atomic E-state index is 11.6. The van der Waals surface area contributed by atoms with Crippen LogP contribution in [0.3, 0.4) is 0 Å². The van der Waals surface area contributed by atoms with E-state index in [0.29, 0.717) is 12.2 Å². The molecule has 0 radical (unpaired) electrons. The van der Waals surface area contributed by atoms with Crippen molar-refractivity contribution in [3.8, 4) is 0 Å². The zero-order chi connectivity index (χ0) is 17.9. The summed E-state index contributed by atoms with van der Waals surface area (Å²) in [4.78, 5) is 22.0. The molecule has 142 valence electrons. The second-order valence-corrected chi connectivity index (χ2v) is 7.13. The number of rotatable bonds is 19. The van der Waals surface area contributed by atoms with E-state index >= 15 is 0 Å². The molecule has 0 aliphatic heterocycles. The summed E-state index contributed by atoms with van der Waals surface area (Å²) in [6, 6.07) is 0. The van der Waals surface area contributed by atoms with Crippen molar-refractivity contribution >= 4 is 11.8 Å². The zero-order valence-electron chi connectivity index (χ0n) is 16.0. The van der Waals surface area contributed by atoms with Crippen LogP contribution in [-0.4, -0.2) is 16.9 Å². The van der Waals surface area contributed by atoms with Gasteiger partial charge in [-0.15, -0.1) is 0 Å². The number of carboxylic acid groups (broad SMARTS) is 1. The summed E-state index contributed by atoms with van der Waals surface area (Å²) in [5.41, 5.74) is 0. The minimum atomic E-state index is -0.671. The highest BCUT2D eigenvalue weighted by Crippen LogP contribution is 2.13. The number of hydrogen-bond donors (Lipinski definition) is 1. The molecule has 0 rings (SSSR count). The smallest absolute Gasteiger partial charge is 0.303 e. The molecule has 0 saturated carbocycles. The van der Waals surface area contributed by atoms with E-state index in [4.69, 9.17) is 5.11 Å². The van der Waals surface area contributed by atoms with Gasteiger partial charge in [0.15, 0.2) is 0 Å². The van der Waals surface area contributed by atoms with Crippen LogP contribution in [0.25, 0.3) is 0 Å². The van der Waals surface area contributed by atoms with Crippen LogP contribution in [0.4, 0.5) is 0 Å². The van der Waals surface area contributed by atoms with Gasteiger partial charge in [0.05, 0.1) is 0 Å². The van der Waals surface area contributed by atoms with Crippen molar-refractivity contribution in [2.45, 2.75) is 122 Å². The van der Waals surface area contributed by atoms with Gasteiger partial charge in [-0.05, 0) is 19.3 Å². The SMILES string of the molecule is CCCCCC(=O)CCCCCCCCCCCCCCC(=O)O. The van der Waals surface area contributed by atoms with Crippen LogP contribution in [0, 0.1) is 0 Å². The summed E-state index contributed by atoms with van der Waals surface area (Å²) in [5.74, 6) is -0.206. The van der Waals surface area contributed by atoms with Crippen molar-refractivity contribution in [2.75, 3.05) is 0 Å². The first-order chi connectivity index (χ1) is 11.7. The third-order valence-electron chi connectivity index (χ3n) is 4.66. The Labute approximate surface area is 149 Å². The molecule has 0 aromatic heterocycles. The third kappa shape index (κ3) is 19.2. The minimum Gasteiger partial charge on any atom is -0.481 e. The van der Waals surface area contributed by atoms with E-state index in [0.717, 1.165) is 38.5 Å². The highest BCUT2D eigenvalue weighted by Gasteiger charge is 2.01. The topological polar surface area (TPSA) is 54.4 Å². The molecule has 0 fully saturated rings. The van der Waals surface area contributed by atoms with Crippen molar-refractivity contribution < 1.29 is 14.7 Å². The predicted molar refractivity (Wildman–Crippen MR) is 101 cm³/mol. The van der Waals surface area contributed by atoms with E-state index in [1.807, 2.05) is 0 Å². The largest absolute Gasteiger partial charge is 0.481 e. The molecular weight excluding hydrogens is 300 g/mol. The maximum absolute atomic E-state index is 11.6. The van der Waals surface area contributed by atoms with E-state index in [1.54, 1.807) is 0 Å². The van der Waals surface area contributed by atoms with Crippen LogP contribution in [0.15, 0.2) is 0 Å². The molecule has 0 aromatic rings. The molecule has 3 nitrogen and oxygen atoms in total. The maximum Gasteiger partial charge on any atom is 0.303 e. The number of carbonyl (C=O) groups excluding carboxylic acids is 1. The van der Waals surface area contributed by atoms with Crippen LogP contribution >= 0.6 is 0 Å². The van der Waals surface area contributed by atoms with E-state index in [-0.39, 0.29) is 0 Å². The summed E-state index contributed by atoms with van der Waals surface area (Å²) in [5, 5.41) is 8.54. The lowest BCUT2D eigenvalue weighted by atomic mass is 10.0. The van der Waals surface area contributed by atoms with E-state index in [9.17, 15) is 9.59 Å². The Morgan fingerprint density at radius 2 is 0.875 bits per heavy atom. The third-order valence-corrected chi connectivity index (χ3v) is 4.66. The van der Waals surface area contributed by atoms with Crippen LogP contribution in [0.5, 0.6) is 0 Å². The Morgan fingerprint density at radius 3 is 1.25 bits per heavy atom. The summed E-state index contributed by atoms with van der Waals surface area (Å²) in [6.07, 6.45) is 19.8. The molecular formula is C21H40O3. The lowest BCUT2D eigenvalue weighted by Gasteiger charge is -2.03. The molecule has 0 saturated heterocycles. The number of carbonyl (C=O) groups is 2. The number of carboxylic acids is 1. The fraction of sp³-hybridized carbons (Fsp3) is 0.905. The van der Waals surface area contributed by atoms with Crippen molar-refractivity contribution in [1.29, 1.82) is 0 Å². The summed E-state index contributed by atoms with van der Waals surface area (Å²) in [6.45, 7) is 2.17. The van der Waals surface area contributed by atoms with Crippen LogP contribution in [0.1, 0.15) is 122 Å². The molecule has 0 bridgehead atoms. The first kappa shape index (κ1) is 23.1. The molecule has 0 unspecified atom stereocenters. The monoisotopic (exact) mass is 340 g/mol. The van der Waals surface area contributed by atoms with Gasteiger partial charge in [-0.2, -0.15) is 0 Å². The Hall–Kier alpha value is -0.860. The fourth-order valence-electron chi connectivity index (χ4n) is 3.06. The summed E-state index contributed by atoms with van der Waals surface area (Å²) >= 11 is 0. The van der Waals surface area contributed by atoms with Crippen molar-refractivity contribution in [2.24, 2.45) is 0 Å². The normalized spacial score (nSPS) is 10.9. The molecule has 0 heterocycles. The van der Waals surface area contributed by atoms with Gasteiger partial charge < -0.3 is 5.11 Å². The van der Waals surface area contributed by atoms with Crippen LogP contribution in [0.2, 0.25) is 0 Å². The van der Waals surface area contributed by atoms with Gasteiger partial charge in [-0.1, -0.05) is 84.0 Å². The molecule has 0 aliphatic rings. The van der Waals surface area contributed by atoms with E-state index in [2.05, 4.69) is 6.92 Å². The van der Waals surface area contributed by atoms with Crippen LogP contribution in [-0.2, 0) is 9.59 Å². The Balaban J connectivity index is 3.10. The molecule has 0 amide bonds. The van der Waals surface area contributed by atoms with Crippen molar-refractivity contribution in [1.82, 2.24) is 0 Å². The first-order valence-electron chi connectivity index (χ1n) is 10.4. The van der Waals surface area contributed by atoms with E-state index < -0.39 is 5.97 Å². The highest BCUT2D eigenvalue weighted by molar-refractivity contribution is 5.78. The quantitative estimate of drug-likeness (QED) is 0.267. The first-order valence-corrected chi connectivity index (χ1v) is 10.4. The zero-order valence-corrected chi connectivity index (χ0v) is 16.0. The Kier molecular flexibility index (Phi) is 17.8. The molecule has 1 N–H and O–H groups in total. The van der Waals surface area contributed by atoms with Gasteiger partial charge in [-0.3, -0.25) is 9.59 Å². The summed E-state index contributed by atoms with van der Waals surface area (Å²) in [7, 11) is 0. The Morgan fingerprint density at radius 1 is 0.542 bits per heavy atom. The fourth-order valence-corrected chi connectivity index (χ4v) is 3.06. The lowest BCUT2D eigenvalue weighted by Crippen LogP contribution is -1.97. The van der Waals surface area contributed by atoms with Crippen LogP contribution < -0.4 is 0 Å². The number of aliphatic carboxylic acids is 1. The number of Topliss-reactive ketones (excluding diaryl/α,β-unsaturated/α-hetero) is 1. The van der Waals surface area contributed by atoms with Gasteiger partial charge in [-0.25, -0.2) is 0 Å². The average molecular weight is 341 g/mol. The van der Waals surface area contributed by atoms with Crippen molar-refractivity contribution in [3.05, 3.63) is 0 Å². The Bertz CT molecular complexity index is 299. The van der Waals surface area contributed by atoms with Crippen molar-refractivity contribution in [3.63, 3.8) is 0 Å².